The number of nitrogens with zero attached hydrogens (tertiary/aromatic N) is 4. The normalized spacial score (nSPS) is 14.6. The molecule has 0 bridgehead atoms. The summed E-state index contributed by atoms with van der Waals surface area (Å²) in [4.78, 5) is 6.44. The van der Waals surface area contributed by atoms with Gasteiger partial charge in [-0.05, 0) is 36.1 Å². The van der Waals surface area contributed by atoms with Crippen molar-refractivity contribution in [2.24, 2.45) is 0 Å². The molecule has 180 valence electrons. The van der Waals surface area contributed by atoms with Crippen LogP contribution in [-0.2, 0) is 0 Å². The van der Waals surface area contributed by atoms with Crippen LogP contribution in [0.2, 0.25) is 0 Å². The molecule has 1 aliphatic heterocycles. The fourth-order valence-electron chi connectivity index (χ4n) is 4.72. The van der Waals surface area contributed by atoms with Gasteiger partial charge >= 0.3 is 6.61 Å². The van der Waals surface area contributed by atoms with Gasteiger partial charge in [-0.15, -0.1) is 0 Å². The van der Waals surface area contributed by atoms with Gasteiger partial charge in [0.1, 0.15) is 23.4 Å². The highest BCUT2D eigenvalue weighted by atomic mass is 19.3. The van der Waals surface area contributed by atoms with E-state index in [-0.39, 0.29) is 17.7 Å². The van der Waals surface area contributed by atoms with E-state index in [1.165, 1.54) is 12.3 Å². The van der Waals surface area contributed by atoms with Crippen LogP contribution in [-0.4, -0.2) is 34.5 Å². The van der Waals surface area contributed by atoms with Gasteiger partial charge in [-0.25, -0.2) is 9.67 Å². The van der Waals surface area contributed by atoms with E-state index in [9.17, 15) is 8.78 Å². The van der Waals surface area contributed by atoms with E-state index in [2.05, 4.69) is 38.9 Å². The summed E-state index contributed by atoms with van der Waals surface area (Å²) in [6, 6.07) is 25.7. The van der Waals surface area contributed by atoms with Gasteiger partial charge < -0.3 is 15.4 Å². The molecule has 2 aromatic heterocycles. The first-order valence-electron chi connectivity index (χ1n) is 11.7. The molecule has 2 aromatic carbocycles. The molecule has 0 aliphatic carbocycles. The van der Waals surface area contributed by atoms with Gasteiger partial charge in [-0.3, -0.25) is 0 Å². The van der Waals surface area contributed by atoms with Crippen molar-refractivity contribution in [2.45, 2.75) is 31.4 Å². The molecule has 0 radical (unpaired) electrons. The van der Waals surface area contributed by atoms with Crippen LogP contribution in [0.1, 0.15) is 41.6 Å². The lowest BCUT2D eigenvalue weighted by molar-refractivity contribution is -0.0500. The number of benzene rings is 2. The number of ether oxygens (including phenoxy) is 1. The van der Waals surface area contributed by atoms with Gasteiger partial charge in [0.2, 0.25) is 0 Å². The van der Waals surface area contributed by atoms with Crippen molar-refractivity contribution in [3.05, 3.63) is 102 Å². The van der Waals surface area contributed by atoms with E-state index in [1.54, 1.807) is 6.07 Å². The molecule has 0 saturated carbocycles. The number of pyridine rings is 1. The summed E-state index contributed by atoms with van der Waals surface area (Å²) < 4.78 is 31.1. The molecule has 3 heterocycles. The highest BCUT2D eigenvalue weighted by Crippen LogP contribution is 2.34. The Balaban J connectivity index is 1.32. The summed E-state index contributed by atoms with van der Waals surface area (Å²) in [5.41, 5.74) is 9.75. The Morgan fingerprint density at radius 3 is 2.06 bits per heavy atom. The van der Waals surface area contributed by atoms with E-state index in [1.807, 2.05) is 47.1 Å². The summed E-state index contributed by atoms with van der Waals surface area (Å²) >= 11 is 0. The molecular weight excluding hydrogens is 448 g/mol. The number of nitrogen functional groups attached to an aromatic ring is 1. The van der Waals surface area contributed by atoms with Gasteiger partial charge in [0, 0.05) is 25.1 Å². The molecule has 0 unspecified atom stereocenters. The van der Waals surface area contributed by atoms with Crippen molar-refractivity contribution in [2.75, 3.05) is 23.7 Å². The van der Waals surface area contributed by atoms with E-state index in [0.29, 0.717) is 5.82 Å². The summed E-state index contributed by atoms with van der Waals surface area (Å²) in [6.07, 6.45) is 3.13. The molecule has 1 aliphatic rings. The zero-order valence-electron chi connectivity index (χ0n) is 19.2. The SMILES string of the molecule is Nc1cc(C2CCN(c3ccc(OC(F)F)cn3)CC2)nn1C(c1ccccc1)c1ccccc1. The fourth-order valence-corrected chi connectivity index (χ4v) is 4.72. The average Bonchev–Trinajstić information content (AvgIpc) is 3.27. The number of piperidine rings is 1. The van der Waals surface area contributed by atoms with Crippen LogP contribution in [0.5, 0.6) is 5.75 Å². The maximum absolute atomic E-state index is 12.4. The number of halogens is 2. The lowest BCUT2D eigenvalue weighted by atomic mass is 9.93. The van der Waals surface area contributed by atoms with Crippen LogP contribution >= 0.6 is 0 Å². The van der Waals surface area contributed by atoms with Crippen molar-refractivity contribution < 1.29 is 13.5 Å². The van der Waals surface area contributed by atoms with Gasteiger partial charge in [-0.2, -0.15) is 13.9 Å². The fraction of sp³-hybridized carbons (Fsp3) is 0.259. The second-order valence-corrected chi connectivity index (χ2v) is 8.65. The van der Waals surface area contributed by atoms with Gasteiger partial charge in [0.25, 0.3) is 0 Å². The third kappa shape index (κ3) is 5.11. The van der Waals surface area contributed by atoms with Gasteiger partial charge in [0.05, 0.1) is 11.9 Å². The Morgan fingerprint density at radius 2 is 1.51 bits per heavy atom. The summed E-state index contributed by atoms with van der Waals surface area (Å²) in [5.74, 6) is 1.73. The lowest BCUT2D eigenvalue weighted by Crippen LogP contribution is -2.33. The number of rotatable bonds is 7. The first-order valence-corrected chi connectivity index (χ1v) is 11.7. The summed E-state index contributed by atoms with van der Waals surface area (Å²) in [6.45, 7) is -1.27. The number of hydrogen-bond acceptors (Lipinski definition) is 5. The third-order valence-electron chi connectivity index (χ3n) is 6.44. The number of alkyl halides is 2. The predicted octanol–water partition coefficient (Wildman–Crippen LogP) is 5.48. The highest BCUT2D eigenvalue weighted by Gasteiger charge is 2.26. The minimum absolute atomic E-state index is 0.0611. The Labute approximate surface area is 203 Å². The second-order valence-electron chi connectivity index (χ2n) is 8.65. The van der Waals surface area contributed by atoms with Gasteiger partial charge in [0.15, 0.2) is 0 Å². The topological polar surface area (TPSA) is 69.2 Å². The zero-order chi connectivity index (χ0) is 24.2. The number of aromatic nitrogens is 3. The van der Waals surface area contributed by atoms with E-state index < -0.39 is 6.61 Å². The molecular formula is C27H27F2N5O. The van der Waals surface area contributed by atoms with Crippen LogP contribution in [0.4, 0.5) is 20.4 Å². The Hall–Kier alpha value is -3.94. The highest BCUT2D eigenvalue weighted by molar-refractivity contribution is 5.43. The molecule has 5 rings (SSSR count). The molecule has 1 saturated heterocycles. The number of nitrogens with two attached hydrogens (primary N) is 1. The smallest absolute Gasteiger partial charge is 0.387 e. The molecule has 6 nitrogen and oxygen atoms in total. The monoisotopic (exact) mass is 475 g/mol. The maximum atomic E-state index is 12.4. The standard InChI is InChI=1S/C27H27F2N5O/c28-27(29)35-22-11-12-25(31-18-22)33-15-13-19(14-16-33)23-17-24(30)34(32-23)26(20-7-3-1-4-8-20)21-9-5-2-6-10-21/h1-12,17-19,26-27H,13-16,30H2. The molecule has 0 amide bonds. The van der Waals surface area contributed by atoms with Gasteiger partial charge in [-0.1, -0.05) is 60.7 Å². The Bertz CT molecular complexity index is 1180. The first kappa shape index (κ1) is 22.8. The van der Waals surface area contributed by atoms with Crippen LogP contribution in [0.15, 0.2) is 85.1 Å². The largest absolute Gasteiger partial charge is 0.433 e. The quantitative estimate of drug-likeness (QED) is 0.383. The van der Waals surface area contributed by atoms with E-state index in [4.69, 9.17) is 10.8 Å². The summed E-state index contributed by atoms with van der Waals surface area (Å²) in [7, 11) is 0. The summed E-state index contributed by atoms with van der Waals surface area (Å²) in [5, 5.41) is 4.99. The molecule has 0 atom stereocenters. The second kappa shape index (κ2) is 10.1. The minimum Gasteiger partial charge on any atom is -0.433 e. The van der Waals surface area contributed by atoms with Crippen LogP contribution < -0.4 is 15.4 Å². The number of anilines is 2. The van der Waals surface area contributed by atoms with Crippen molar-refractivity contribution in [1.29, 1.82) is 0 Å². The Morgan fingerprint density at radius 1 is 0.886 bits per heavy atom. The first-order chi connectivity index (χ1) is 17.1. The Kier molecular flexibility index (Phi) is 6.61. The van der Waals surface area contributed by atoms with Crippen molar-refractivity contribution in [1.82, 2.24) is 14.8 Å². The van der Waals surface area contributed by atoms with Crippen molar-refractivity contribution in [3.63, 3.8) is 0 Å². The van der Waals surface area contributed by atoms with Crippen LogP contribution in [0.3, 0.4) is 0 Å². The van der Waals surface area contributed by atoms with Crippen LogP contribution in [0.25, 0.3) is 0 Å². The lowest BCUT2D eigenvalue weighted by Gasteiger charge is -2.32. The molecule has 1 fully saturated rings. The molecule has 35 heavy (non-hydrogen) atoms. The molecule has 8 heteroatoms. The third-order valence-corrected chi connectivity index (χ3v) is 6.44. The average molecular weight is 476 g/mol. The predicted molar refractivity (Wildman–Crippen MR) is 132 cm³/mol. The van der Waals surface area contributed by atoms with E-state index in [0.717, 1.165) is 48.6 Å². The van der Waals surface area contributed by atoms with Crippen molar-refractivity contribution in [3.8, 4) is 5.75 Å². The molecule has 2 N–H and O–H groups in total. The molecule has 4 aromatic rings. The molecule has 0 spiro atoms. The number of hydrogen-bond donors (Lipinski definition) is 1. The van der Waals surface area contributed by atoms with Crippen molar-refractivity contribution >= 4 is 11.6 Å². The van der Waals surface area contributed by atoms with Crippen LogP contribution in [0, 0.1) is 0 Å². The maximum Gasteiger partial charge on any atom is 0.387 e. The zero-order valence-corrected chi connectivity index (χ0v) is 19.2. The minimum atomic E-state index is -2.85. The van der Waals surface area contributed by atoms with E-state index >= 15 is 0 Å².